The molecule has 1 aliphatic rings. The van der Waals surface area contributed by atoms with Gasteiger partial charge in [0.05, 0.1) is 0 Å². The number of ether oxygens (including phenoxy) is 2. The minimum absolute atomic E-state index is 0.363. The molecule has 0 radical (unpaired) electrons. The summed E-state index contributed by atoms with van der Waals surface area (Å²) in [6.45, 7) is 4.85. The first-order chi connectivity index (χ1) is 6.79. The van der Waals surface area contributed by atoms with Crippen LogP contribution in [0.2, 0.25) is 0 Å². The summed E-state index contributed by atoms with van der Waals surface area (Å²) in [5, 5.41) is 0. The van der Waals surface area contributed by atoms with Crippen molar-refractivity contribution in [2.45, 2.75) is 26.7 Å². The zero-order chi connectivity index (χ0) is 9.97. The third kappa shape index (κ3) is 1.84. The van der Waals surface area contributed by atoms with E-state index in [1.807, 2.05) is 6.07 Å². The standard InChI is InChI=1S/C12H16O2/c1-3-9(2)6-10-4-5-11-12(7-10)14-8-13-11/h4-5,7,9H,3,6,8H2,1-2H3/t9-/m1/s1. The summed E-state index contributed by atoms with van der Waals surface area (Å²) in [5.41, 5.74) is 1.34. The van der Waals surface area contributed by atoms with Gasteiger partial charge in [0.15, 0.2) is 11.5 Å². The summed E-state index contributed by atoms with van der Waals surface area (Å²) in [5.74, 6) is 2.50. The van der Waals surface area contributed by atoms with E-state index in [-0.39, 0.29) is 0 Å². The lowest BCUT2D eigenvalue weighted by Crippen LogP contribution is -1.97. The van der Waals surface area contributed by atoms with Gasteiger partial charge in [0, 0.05) is 0 Å². The van der Waals surface area contributed by atoms with E-state index in [0.29, 0.717) is 6.79 Å². The molecule has 0 bridgehead atoms. The van der Waals surface area contributed by atoms with E-state index in [0.717, 1.165) is 23.8 Å². The van der Waals surface area contributed by atoms with Gasteiger partial charge in [-0.25, -0.2) is 0 Å². The first-order valence-corrected chi connectivity index (χ1v) is 5.18. The second kappa shape index (κ2) is 3.91. The van der Waals surface area contributed by atoms with Crippen LogP contribution in [-0.2, 0) is 6.42 Å². The monoisotopic (exact) mass is 192 g/mol. The molecule has 2 heteroatoms. The van der Waals surface area contributed by atoms with Gasteiger partial charge in [0.25, 0.3) is 0 Å². The van der Waals surface area contributed by atoms with Gasteiger partial charge in [-0.05, 0) is 30.0 Å². The molecule has 2 nitrogen and oxygen atoms in total. The van der Waals surface area contributed by atoms with Gasteiger partial charge in [0.1, 0.15) is 0 Å². The molecule has 1 heterocycles. The number of fused-ring (bicyclic) bond motifs is 1. The molecule has 0 N–H and O–H groups in total. The summed E-state index contributed by atoms with van der Waals surface area (Å²) >= 11 is 0. The van der Waals surface area contributed by atoms with E-state index in [4.69, 9.17) is 9.47 Å². The summed E-state index contributed by atoms with van der Waals surface area (Å²) < 4.78 is 10.6. The van der Waals surface area contributed by atoms with Gasteiger partial charge in [-0.1, -0.05) is 26.3 Å². The molecule has 0 amide bonds. The third-order valence-corrected chi connectivity index (χ3v) is 2.72. The maximum absolute atomic E-state index is 5.33. The topological polar surface area (TPSA) is 18.5 Å². The Labute approximate surface area is 84.8 Å². The zero-order valence-electron chi connectivity index (χ0n) is 8.75. The van der Waals surface area contributed by atoms with Crippen molar-refractivity contribution in [3.8, 4) is 11.5 Å². The molecule has 0 saturated carbocycles. The first-order valence-electron chi connectivity index (χ1n) is 5.18. The van der Waals surface area contributed by atoms with E-state index in [2.05, 4.69) is 26.0 Å². The van der Waals surface area contributed by atoms with Crippen LogP contribution in [0.25, 0.3) is 0 Å². The Kier molecular flexibility index (Phi) is 2.62. The van der Waals surface area contributed by atoms with Gasteiger partial charge in [-0.15, -0.1) is 0 Å². The van der Waals surface area contributed by atoms with E-state index < -0.39 is 0 Å². The van der Waals surface area contributed by atoms with Gasteiger partial charge in [-0.2, -0.15) is 0 Å². The Bertz CT molecular complexity index is 320. The summed E-state index contributed by atoms with van der Waals surface area (Å²) in [6.07, 6.45) is 2.33. The molecule has 1 atom stereocenters. The van der Waals surface area contributed by atoms with Crippen LogP contribution in [0.5, 0.6) is 11.5 Å². The van der Waals surface area contributed by atoms with Crippen molar-refractivity contribution in [1.82, 2.24) is 0 Å². The van der Waals surface area contributed by atoms with Crippen LogP contribution in [0, 0.1) is 5.92 Å². The molecule has 76 valence electrons. The fourth-order valence-corrected chi connectivity index (χ4v) is 1.61. The van der Waals surface area contributed by atoms with Gasteiger partial charge in [-0.3, -0.25) is 0 Å². The highest BCUT2D eigenvalue weighted by atomic mass is 16.7. The number of hydrogen-bond donors (Lipinski definition) is 0. The predicted octanol–water partition coefficient (Wildman–Crippen LogP) is 3.00. The van der Waals surface area contributed by atoms with E-state index in [9.17, 15) is 0 Å². The van der Waals surface area contributed by atoms with Crippen LogP contribution in [-0.4, -0.2) is 6.79 Å². The highest BCUT2D eigenvalue weighted by Gasteiger charge is 2.13. The van der Waals surface area contributed by atoms with Crippen molar-refractivity contribution in [2.24, 2.45) is 5.92 Å². The minimum Gasteiger partial charge on any atom is -0.454 e. The Balaban J connectivity index is 2.12. The molecule has 1 aliphatic heterocycles. The predicted molar refractivity (Wildman–Crippen MR) is 55.7 cm³/mol. The van der Waals surface area contributed by atoms with Crippen LogP contribution in [0.4, 0.5) is 0 Å². The Morgan fingerprint density at radius 2 is 2.07 bits per heavy atom. The van der Waals surface area contributed by atoms with Crippen LogP contribution in [0.1, 0.15) is 25.8 Å². The number of hydrogen-bond acceptors (Lipinski definition) is 2. The second-order valence-electron chi connectivity index (χ2n) is 3.91. The average molecular weight is 192 g/mol. The molecule has 2 rings (SSSR count). The zero-order valence-corrected chi connectivity index (χ0v) is 8.75. The fraction of sp³-hybridized carbons (Fsp3) is 0.500. The molecule has 0 unspecified atom stereocenters. The molecular formula is C12H16O2. The van der Waals surface area contributed by atoms with Crippen LogP contribution >= 0.6 is 0 Å². The lowest BCUT2D eigenvalue weighted by molar-refractivity contribution is 0.174. The van der Waals surface area contributed by atoms with Crippen LogP contribution in [0.3, 0.4) is 0 Å². The van der Waals surface area contributed by atoms with Crippen LogP contribution in [0.15, 0.2) is 18.2 Å². The fourth-order valence-electron chi connectivity index (χ4n) is 1.61. The highest BCUT2D eigenvalue weighted by molar-refractivity contribution is 5.44. The molecule has 0 saturated heterocycles. The molecule has 0 spiro atoms. The molecule has 1 aromatic carbocycles. The van der Waals surface area contributed by atoms with Crippen LogP contribution < -0.4 is 9.47 Å². The van der Waals surface area contributed by atoms with Crippen molar-refractivity contribution in [2.75, 3.05) is 6.79 Å². The maximum Gasteiger partial charge on any atom is 0.231 e. The smallest absolute Gasteiger partial charge is 0.231 e. The Morgan fingerprint density at radius 3 is 2.86 bits per heavy atom. The normalized spacial score (nSPS) is 15.6. The summed E-state index contributed by atoms with van der Waals surface area (Å²) in [7, 11) is 0. The van der Waals surface area contributed by atoms with Crippen molar-refractivity contribution < 1.29 is 9.47 Å². The number of benzene rings is 1. The van der Waals surface area contributed by atoms with Crippen molar-refractivity contribution in [1.29, 1.82) is 0 Å². The van der Waals surface area contributed by atoms with Gasteiger partial charge < -0.3 is 9.47 Å². The Morgan fingerprint density at radius 1 is 1.29 bits per heavy atom. The second-order valence-corrected chi connectivity index (χ2v) is 3.91. The lowest BCUT2D eigenvalue weighted by atomic mass is 9.99. The van der Waals surface area contributed by atoms with E-state index in [1.54, 1.807) is 0 Å². The average Bonchev–Trinajstić information content (AvgIpc) is 2.64. The molecule has 0 fully saturated rings. The van der Waals surface area contributed by atoms with Gasteiger partial charge in [0.2, 0.25) is 6.79 Å². The third-order valence-electron chi connectivity index (χ3n) is 2.72. The molecule has 14 heavy (non-hydrogen) atoms. The summed E-state index contributed by atoms with van der Waals surface area (Å²) in [4.78, 5) is 0. The lowest BCUT2D eigenvalue weighted by Gasteiger charge is -2.08. The van der Waals surface area contributed by atoms with E-state index in [1.165, 1.54) is 12.0 Å². The highest BCUT2D eigenvalue weighted by Crippen LogP contribution is 2.33. The maximum atomic E-state index is 5.33. The van der Waals surface area contributed by atoms with Gasteiger partial charge >= 0.3 is 0 Å². The first kappa shape index (κ1) is 9.38. The van der Waals surface area contributed by atoms with Crippen molar-refractivity contribution >= 4 is 0 Å². The minimum atomic E-state index is 0.363. The molecule has 1 aromatic rings. The molecule has 0 aliphatic carbocycles. The van der Waals surface area contributed by atoms with E-state index >= 15 is 0 Å². The number of rotatable bonds is 3. The largest absolute Gasteiger partial charge is 0.454 e. The van der Waals surface area contributed by atoms with Crippen molar-refractivity contribution in [3.05, 3.63) is 23.8 Å². The molecular weight excluding hydrogens is 176 g/mol. The molecule has 0 aromatic heterocycles. The Hall–Kier alpha value is -1.18. The van der Waals surface area contributed by atoms with Crippen molar-refractivity contribution in [3.63, 3.8) is 0 Å². The summed E-state index contributed by atoms with van der Waals surface area (Å²) in [6, 6.07) is 6.22. The quantitative estimate of drug-likeness (QED) is 0.733. The SMILES string of the molecule is CC[C@@H](C)Cc1ccc2c(c1)OCO2.